The number of thioether (sulfide) groups is 1. The van der Waals surface area contributed by atoms with E-state index in [1.165, 1.54) is 0 Å². The van der Waals surface area contributed by atoms with Crippen LogP contribution in [0.15, 0.2) is 23.5 Å². The third-order valence-electron chi connectivity index (χ3n) is 3.18. The number of halogens is 1. The van der Waals surface area contributed by atoms with Crippen molar-refractivity contribution in [1.29, 1.82) is 0 Å². The van der Waals surface area contributed by atoms with E-state index in [0.29, 0.717) is 5.88 Å². The van der Waals surface area contributed by atoms with Crippen molar-refractivity contribution in [2.24, 2.45) is 7.05 Å². The van der Waals surface area contributed by atoms with Crippen molar-refractivity contribution in [2.45, 2.75) is 18.5 Å². The van der Waals surface area contributed by atoms with Gasteiger partial charge in [-0.05, 0) is 25.5 Å². The second kappa shape index (κ2) is 6.03. The van der Waals surface area contributed by atoms with Crippen LogP contribution in [0.2, 0.25) is 0 Å². The molecule has 6 nitrogen and oxygen atoms in total. The summed E-state index contributed by atoms with van der Waals surface area (Å²) in [5.41, 5.74) is 1.82. The largest absolute Gasteiger partial charge is 0.305 e. The molecule has 0 unspecified atom stereocenters. The Bertz CT molecular complexity index is 765. The maximum Gasteiger partial charge on any atom is 0.191 e. The van der Waals surface area contributed by atoms with E-state index in [9.17, 15) is 0 Å². The molecule has 0 atom stereocenters. The predicted molar refractivity (Wildman–Crippen MR) is 83.8 cm³/mol. The van der Waals surface area contributed by atoms with Gasteiger partial charge in [0, 0.05) is 30.4 Å². The van der Waals surface area contributed by atoms with Crippen LogP contribution in [-0.2, 0) is 7.05 Å². The van der Waals surface area contributed by atoms with Crippen molar-refractivity contribution in [1.82, 2.24) is 29.4 Å². The van der Waals surface area contributed by atoms with Crippen molar-refractivity contribution in [3.63, 3.8) is 0 Å². The molecule has 0 N–H and O–H groups in total. The SMILES string of the molecule is Cc1nnc2ccc(-c3nnc(SCCCCl)n3C)cn12. The lowest BCUT2D eigenvalue weighted by atomic mass is 10.2. The molecule has 0 saturated heterocycles. The molecule has 0 aliphatic carbocycles. The Morgan fingerprint density at radius 3 is 2.86 bits per heavy atom. The Morgan fingerprint density at radius 2 is 2.05 bits per heavy atom. The molecule has 0 bridgehead atoms. The molecule has 3 aromatic rings. The maximum atomic E-state index is 5.70. The summed E-state index contributed by atoms with van der Waals surface area (Å²) in [6, 6.07) is 3.92. The fourth-order valence-electron chi connectivity index (χ4n) is 2.05. The van der Waals surface area contributed by atoms with Crippen LogP contribution in [0.4, 0.5) is 0 Å². The monoisotopic (exact) mass is 322 g/mol. The van der Waals surface area contributed by atoms with Gasteiger partial charge in [0.25, 0.3) is 0 Å². The van der Waals surface area contributed by atoms with Gasteiger partial charge in [-0.25, -0.2) is 0 Å². The van der Waals surface area contributed by atoms with Gasteiger partial charge in [0.1, 0.15) is 5.82 Å². The smallest absolute Gasteiger partial charge is 0.191 e. The van der Waals surface area contributed by atoms with E-state index in [1.807, 2.05) is 41.3 Å². The van der Waals surface area contributed by atoms with Gasteiger partial charge in [-0.1, -0.05) is 11.8 Å². The van der Waals surface area contributed by atoms with Crippen molar-refractivity contribution < 1.29 is 0 Å². The second-order valence-electron chi connectivity index (χ2n) is 4.65. The zero-order valence-electron chi connectivity index (χ0n) is 11.8. The number of fused-ring (bicyclic) bond motifs is 1. The van der Waals surface area contributed by atoms with Crippen LogP contribution in [0.25, 0.3) is 17.0 Å². The highest BCUT2D eigenvalue weighted by Gasteiger charge is 2.12. The van der Waals surface area contributed by atoms with Gasteiger partial charge < -0.3 is 4.57 Å². The van der Waals surface area contributed by atoms with E-state index >= 15 is 0 Å². The van der Waals surface area contributed by atoms with Gasteiger partial charge in [0.15, 0.2) is 16.6 Å². The molecule has 0 spiro atoms. The normalized spacial score (nSPS) is 11.4. The van der Waals surface area contributed by atoms with Crippen molar-refractivity contribution in [2.75, 3.05) is 11.6 Å². The molecule has 0 fully saturated rings. The van der Waals surface area contributed by atoms with Gasteiger partial charge in [0.05, 0.1) is 0 Å². The van der Waals surface area contributed by atoms with Crippen LogP contribution >= 0.6 is 23.4 Å². The lowest BCUT2D eigenvalue weighted by Gasteiger charge is -2.04. The zero-order chi connectivity index (χ0) is 14.8. The first-order valence-corrected chi connectivity index (χ1v) is 8.12. The lowest BCUT2D eigenvalue weighted by Crippen LogP contribution is -1.97. The summed E-state index contributed by atoms with van der Waals surface area (Å²) >= 11 is 7.37. The first kappa shape index (κ1) is 14.3. The lowest BCUT2D eigenvalue weighted by molar-refractivity contribution is 0.792. The van der Waals surface area contributed by atoms with Crippen molar-refractivity contribution in [3.8, 4) is 11.4 Å². The molecule has 3 rings (SSSR count). The van der Waals surface area contributed by atoms with Crippen LogP contribution < -0.4 is 0 Å². The first-order valence-electron chi connectivity index (χ1n) is 6.60. The molecule has 0 aliphatic rings. The van der Waals surface area contributed by atoms with E-state index in [0.717, 1.165) is 40.2 Å². The summed E-state index contributed by atoms with van der Waals surface area (Å²) in [6.07, 6.45) is 2.95. The molecule has 0 aromatic carbocycles. The molecular formula is C13H15ClN6S. The van der Waals surface area contributed by atoms with E-state index in [1.54, 1.807) is 11.8 Å². The third kappa shape index (κ3) is 2.75. The van der Waals surface area contributed by atoms with Crippen molar-refractivity contribution >= 4 is 29.0 Å². The highest BCUT2D eigenvalue weighted by molar-refractivity contribution is 7.99. The molecular weight excluding hydrogens is 308 g/mol. The molecule has 0 amide bonds. The van der Waals surface area contributed by atoms with Crippen LogP contribution in [-0.4, -0.2) is 41.0 Å². The Balaban J connectivity index is 1.93. The van der Waals surface area contributed by atoms with Crippen LogP contribution in [0.5, 0.6) is 0 Å². The van der Waals surface area contributed by atoms with Crippen LogP contribution in [0.3, 0.4) is 0 Å². The maximum absolute atomic E-state index is 5.70. The molecule has 8 heteroatoms. The fourth-order valence-corrected chi connectivity index (χ4v) is 3.19. The zero-order valence-corrected chi connectivity index (χ0v) is 13.4. The molecule has 0 radical (unpaired) electrons. The van der Waals surface area contributed by atoms with Gasteiger partial charge in [-0.3, -0.25) is 4.40 Å². The quantitative estimate of drug-likeness (QED) is 0.410. The van der Waals surface area contributed by atoms with E-state index in [-0.39, 0.29) is 0 Å². The average molecular weight is 323 g/mol. The Labute approximate surface area is 131 Å². The van der Waals surface area contributed by atoms with Gasteiger partial charge >= 0.3 is 0 Å². The number of hydrogen-bond donors (Lipinski definition) is 0. The summed E-state index contributed by atoms with van der Waals surface area (Å²) in [4.78, 5) is 0. The fraction of sp³-hybridized carbons (Fsp3) is 0.385. The van der Waals surface area contributed by atoms with Gasteiger partial charge in [-0.15, -0.1) is 32.0 Å². The molecule has 110 valence electrons. The van der Waals surface area contributed by atoms with Gasteiger partial charge in [-0.2, -0.15) is 0 Å². The van der Waals surface area contributed by atoms with Gasteiger partial charge in [0.2, 0.25) is 0 Å². The summed E-state index contributed by atoms with van der Waals surface area (Å²) in [7, 11) is 1.97. The Kier molecular flexibility index (Phi) is 4.12. The van der Waals surface area contributed by atoms with Crippen LogP contribution in [0.1, 0.15) is 12.2 Å². The van der Waals surface area contributed by atoms with Crippen LogP contribution in [0, 0.1) is 6.92 Å². The molecule has 3 heterocycles. The number of hydrogen-bond acceptors (Lipinski definition) is 5. The van der Waals surface area contributed by atoms with E-state index < -0.39 is 0 Å². The highest BCUT2D eigenvalue weighted by Crippen LogP contribution is 2.23. The summed E-state index contributed by atoms with van der Waals surface area (Å²) < 4.78 is 3.95. The number of rotatable bonds is 5. The van der Waals surface area contributed by atoms with E-state index in [2.05, 4.69) is 20.4 Å². The topological polar surface area (TPSA) is 60.9 Å². The van der Waals surface area contributed by atoms with Crippen molar-refractivity contribution in [3.05, 3.63) is 24.2 Å². The summed E-state index contributed by atoms with van der Waals surface area (Å²) in [5, 5.41) is 17.6. The first-order chi connectivity index (χ1) is 10.2. The minimum absolute atomic E-state index is 0.668. The minimum atomic E-state index is 0.668. The molecule has 0 saturated carbocycles. The Morgan fingerprint density at radius 1 is 1.19 bits per heavy atom. The minimum Gasteiger partial charge on any atom is -0.305 e. The summed E-state index contributed by atoms with van der Waals surface area (Å²) in [6.45, 7) is 1.92. The second-order valence-corrected chi connectivity index (χ2v) is 6.09. The number of nitrogens with zero attached hydrogens (tertiary/aromatic N) is 6. The summed E-state index contributed by atoms with van der Waals surface area (Å²) in [5.74, 6) is 3.30. The standard InChI is InChI=1S/C13H15ClN6S/c1-9-15-16-11-5-4-10(8-20(9)11)12-17-18-13(19(12)2)21-7-3-6-14/h4-5,8H,3,6-7H2,1-2H3. The average Bonchev–Trinajstić information content (AvgIpc) is 3.04. The molecule has 3 aromatic heterocycles. The highest BCUT2D eigenvalue weighted by atomic mass is 35.5. The number of aromatic nitrogens is 6. The Hall–Kier alpha value is -1.60. The number of pyridine rings is 1. The predicted octanol–water partition coefficient (Wildman–Crippen LogP) is 2.55. The van der Waals surface area contributed by atoms with E-state index in [4.69, 9.17) is 11.6 Å². The molecule has 21 heavy (non-hydrogen) atoms. The third-order valence-corrected chi connectivity index (χ3v) is 4.55. The molecule has 0 aliphatic heterocycles. The number of alkyl halides is 1. The number of aryl methyl sites for hydroxylation is 1.